The third kappa shape index (κ3) is 3.40. The van der Waals surface area contributed by atoms with Gasteiger partial charge in [-0.05, 0) is 35.4 Å². The first kappa shape index (κ1) is 16.1. The van der Waals surface area contributed by atoms with Gasteiger partial charge in [-0.15, -0.1) is 0 Å². The second-order valence-electron chi connectivity index (χ2n) is 6.16. The maximum absolute atomic E-state index is 11.2. The highest BCUT2D eigenvalue weighted by Crippen LogP contribution is 2.27. The fourth-order valence-corrected chi connectivity index (χ4v) is 3.31. The minimum Gasteiger partial charge on any atom is -0.480 e. The number of amides is 1. The maximum atomic E-state index is 11.2. The van der Waals surface area contributed by atoms with Crippen molar-refractivity contribution in [3.8, 4) is 11.1 Å². The molecule has 0 aromatic heterocycles. The average molecular weight is 325 g/mol. The Kier molecular flexibility index (Phi) is 4.51. The Morgan fingerprint density at radius 1 is 0.958 bits per heavy atom. The van der Waals surface area contributed by atoms with Crippen molar-refractivity contribution in [2.45, 2.75) is 18.9 Å². The molecule has 1 aliphatic rings. The van der Waals surface area contributed by atoms with Crippen LogP contribution < -0.4 is 0 Å². The van der Waals surface area contributed by atoms with Gasteiger partial charge >= 0.3 is 12.1 Å². The quantitative estimate of drug-likeness (QED) is 0.903. The van der Waals surface area contributed by atoms with Crippen LogP contribution in [0.1, 0.15) is 12.0 Å². The molecule has 2 aromatic carbocycles. The molecule has 1 saturated heterocycles. The van der Waals surface area contributed by atoms with Crippen molar-refractivity contribution in [3.63, 3.8) is 0 Å². The predicted molar refractivity (Wildman–Crippen MR) is 89.8 cm³/mol. The van der Waals surface area contributed by atoms with Gasteiger partial charge in [0.25, 0.3) is 0 Å². The lowest BCUT2D eigenvalue weighted by atomic mass is 9.95. The monoisotopic (exact) mass is 325 g/mol. The second-order valence-corrected chi connectivity index (χ2v) is 6.16. The van der Waals surface area contributed by atoms with Gasteiger partial charge in [0, 0.05) is 6.54 Å². The Morgan fingerprint density at radius 3 is 2.12 bits per heavy atom. The topological polar surface area (TPSA) is 77.8 Å². The lowest BCUT2D eigenvalue weighted by molar-refractivity contribution is -0.141. The van der Waals surface area contributed by atoms with Gasteiger partial charge in [0.05, 0.1) is 0 Å². The Bertz CT molecular complexity index is 705. The number of aliphatic carboxylic acids is 1. The molecule has 0 unspecified atom stereocenters. The fourth-order valence-electron chi connectivity index (χ4n) is 3.31. The van der Waals surface area contributed by atoms with E-state index < -0.39 is 18.1 Å². The molecule has 124 valence electrons. The smallest absolute Gasteiger partial charge is 0.408 e. The molecule has 0 aliphatic carbocycles. The predicted octanol–water partition coefficient (Wildman–Crippen LogP) is 3.35. The van der Waals surface area contributed by atoms with Crippen LogP contribution in [0.2, 0.25) is 0 Å². The highest BCUT2D eigenvalue weighted by atomic mass is 16.4. The Hall–Kier alpha value is -2.82. The van der Waals surface area contributed by atoms with Crippen LogP contribution in [0.3, 0.4) is 0 Å². The van der Waals surface area contributed by atoms with Gasteiger partial charge in [-0.25, -0.2) is 9.59 Å². The average Bonchev–Trinajstić information content (AvgIpc) is 3.01. The summed E-state index contributed by atoms with van der Waals surface area (Å²) in [5.41, 5.74) is 3.37. The van der Waals surface area contributed by atoms with Crippen molar-refractivity contribution in [3.05, 3.63) is 60.2 Å². The minimum atomic E-state index is -1.16. The molecule has 2 N–H and O–H groups in total. The molecule has 3 rings (SSSR count). The van der Waals surface area contributed by atoms with Crippen molar-refractivity contribution in [2.24, 2.45) is 5.92 Å². The SMILES string of the molecule is O=C(O)[C@H]1C[C@H](Cc2ccc(-c3ccccc3)cc2)CN1C(=O)O. The molecule has 1 heterocycles. The number of hydrogen-bond donors (Lipinski definition) is 2. The molecular formula is C19H19NO4. The summed E-state index contributed by atoms with van der Waals surface area (Å²) in [6.45, 7) is 0.271. The molecule has 24 heavy (non-hydrogen) atoms. The Balaban J connectivity index is 1.68. The molecule has 5 heteroatoms. The lowest BCUT2D eigenvalue weighted by Crippen LogP contribution is -2.39. The largest absolute Gasteiger partial charge is 0.480 e. The van der Waals surface area contributed by atoms with E-state index in [0.717, 1.165) is 21.6 Å². The Morgan fingerprint density at radius 2 is 1.58 bits per heavy atom. The van der Waals surface area contributed by atoms with Crippen LogP contribution in [0, 0.1) is 5.92 Å². The summed E-state index contributed by atoms with van der Waals surface area (Å²) in [4.78, 5) is 23.4. The van der Waals surface area contributed by atoms with Crippen LogP contribution >= 0.6 is 0 Å². The molecular weight excluding hydrogens is 306 g/mol. The molecule has 0 spiro atoms. The van der Waals surface area contributed by atoms with Crippen molar-refractivity contribution < 1.29 is 19.8 Å². The Labute approximate surface area is 140 Å². The van der Waals surface area contributed by atoms with Crippen LogP contribution in [0.4, 0.5) is 4.79 Å². The van der Waals surface area contributed by atoms with Crippen molar-refractivity contribution >= 4 is 12.1 Å². The van der Waals surface area contributed by atoms with Crippen molar-refractivity contribution in [1.29, 1.82) is 0 Å². The zero-order valence-corrected chi connectivity index (χ0v) is 13.1. The number of carboxylic acids is 1. The van der Waals surface area contributed by atoms with Gasteiger partial charge in [-0.2, -0.15) is 0 Å². The van der Waals surface area contributed by atoms with Gasteiger partial charge in [-0.1, -0.05) is 54.6 Å². The molecule has 1 amide bonds. The fraction of sp³-hybridized carbons (Fsp3) is 0.263. The molecule has 0 saturated carbocycles. The number of carbonyl (C=O) groups is 2. The molecule has 2 atom stereocenters. The van der Waals surface area contributed by atoms with E-state index in [2.05, 4.69) is 0 Å². The van der Waals surface area contributed by atoms with Gasteiger partial charge in [0.1, 0.15) is 6.04 Å². The summed E-state index contributed by atoms with van der Waals surface area (Å²) in [6.07, 6.45) is -0.116. The normalized spacial score (nSPS) is 20.1. The van der Waals surface area contributed by atoms with Gasteiger partial charge < -0.3 is 10.2 Å². The summed E-state index contributed by atoms with van der Waals surface area (Å²) in [6, 6.07) is 17.3. The first-order chi connectivity index (χ1) is 11.5. The van der Waals surface area contributed by atoms with Crippen molar-refractivity contribution in [2.75, 3.05) is 6.54 Å². The summed E-state index contributed by atoms with van der Waals surface area (Å²) in [5, 5.41) is 18.3. The summed E-state index contributed by atoms with van der Waals surface area (Å²) >= 11 is 0. The number of likely N-dealkylation sites (tertiary alicyclic amines) is 1. The third-order valence-corrected chi connectivity index (χ3v) is 4.50. The van der Waals surface area contributed by atoms with E-state index in [4.69, 9.17) is 5.11 Å². The van der Waals surface area contributed by atoms with E-state index in [1.165, 1.54) is 0 Å². The maximum Gasteiger partial charge on any atom is 0.408 e. The van der Waals surface area contributed by atoms with E-state index in [1.54, 1.807) is 0 Å². The molecule has 5 nitrogen and oxygen atoms in total. The zero-order valence-electron chi connectivity index (χ0n) is 13.1. The van der Waals surface area contributed by atoms with Crippen LogP contribution in [0.15, 0.2) is 54.6 Å². The third-order valence-electron chi connectivity index (χ3n) is 4.50. The van der Waals surface area contributed by atoms with E-state index in [9.17, 15) is 14.7 Å². The van der Waals surface area contributed by atoms with E-state index in [1.807, 2.05) is 54.6 Å². The molecule has 1 fully saturated rings. The van der Waals surface area contributed by atoms with Gasteiger partial charge in [0.15, 0.2) is 0 Å². The van der Waals surface area contributed by atoms with E-state index in [0.29, 0.717) is 12.8 Å². The number of rotatable bonds is 4. The van der Waals surface area contributed by atoms with Crippen LogP contribution in [0.25, 0.3) is 11.1 Å². The van der Waals surface area contributed by atoms with Gasteiger partial charge in [0.2, 0.25) is 0 Å². The van der Waals surface area contributed by atoms with Gasteiger partial charge in [-0.3, -0.25) is 4.90 Å². The number of nitrogens with zero attached hydrogens (tertiary/aromatic N) is 1. The summed E-state index contributed by atoms with van der Waals surface area (Å²) in [5.74, 6) is -1.04. The molecule has 2 aromatic rings. The van der Waals surface area contributed by atoms with Crippen LogP contribution in [0.5, 0.6) is 0 Å². The molecule has 0 bridgehead atoms. The first-order valence-corrected chi connectivity index (χ1v) is 7.91. The molecule has 0 radical (unpaired) electrons. The minimum absolute atomic E-state index is 0.0322. The number of benzene rings is 2. The first-order valence-electron chi connectivity index (χ1n) is 7.91. The number of hydrogen-bond acceptors (Lipinski definition) is 2. The zero-order chi connectivity index (χ0) is 17.1. The number of carboxylic acid groups (broad SMARTS) is 2. The van der Waals surface area contributed by atoms with Crippen LogP contribution in [-0.4, -0.2) is 39.8 Å². The highest BCUT2D eigenvalue weighted by Gasteiger charge is 2.39. The van der Waals surface area contributed by atoms with E-state index in [-0.39, 0.29) is 12.5 Å². The van der Waals surface area contributed by atoms with Crippen LogP contribution in [-0.2, 0) is 11.2 Å². The summed E-state index contributed by atoms with van der Waals surface area (Å²) < 4.78 is 0. The van der Waals surface area contributed by atoms with Crippen molar-refractivity contribution in [1.82, 2.24) is 4.90 Å². The lowest BCUT2D eigenvalue weighted by Gasteiger charge is -2.16. The van der Waals surface area contributed by atoms with E-state index >= 15 is 0 Å². The summed E-state index contributed by atoms with van der Waals surface area (Å²) in [7, 11) is 0. The second kappa shape index (κ2) is 6.74. The standard InChI is InChI=1S/C19H19NO4/c21-18(22)17-11-14(12-20(17)19(23)24)10-13-6-8-16(9-7-13)15-4-2-1-3-5-15/h1-9,14,17H,10-12H2,(H,21,22)(H,23,24)/t14-,17+/m0/s1. The molecule has 1 aliphatic heterocycles. The highest BCUT2D eigenvalue weighted by molar-refractivity contribution is 5.80.